The van der Waals surface area contributed by atoms with Crippen molar-refractivity contribution in [2.24, 2.45) is 0 Å². The zero-order valence-electron chi connectivity index (χ0n) is 87.9. The fourth-order valence-electron chi connectivity index (χ4n) is 14.2. The van der Waals surface area contributed by atoms with E-state index in [0.29, 0.717) is 33.3 Å². The van der Waals surface area contributed by atoms with Crippen LogP contribution < -0.4 is 30.1 Å². The predicted octanol–water partition coefficient (Wildman–Crippen LogP) is 21.1. The summed E-state index contributed by atoms with van der Waals surface area (Å²) in [7, 11) is -6.64. The third-order valence-electron chi connectivity index (χ3n) is 18.8. The van der Waals surface area contributed by atoms with Gasteiger partial charge in [-0.15, -0.1) is 29.7 Å². The van der Waals surface area contributed by atoms with Crippen LogP contribution in [0.3, 0.4) is 0 Å². The summed E-state index contributed by atoms with van der Waals surface area (Å²) in [6, 6.07) is 16.1. The van der Waals surface area contributed by atoms with Crippen LogP contribution in [0.2, 0.25) is 0 Å². The number of rotatable bonds is 11. The van der Waals surface area contributed by atoms with Gasteiger partial charge in [-0.2, -0.15) is 18.2 Å². The van der Waals surface area contributed by atoms with Crippen molar-refractivity contribution in [3.63, 3.8) is 0 Å². The van der Waals surface area contributed by atoms with Gasteiger partial charge in [0.15, 0.2) is 8.07 Å². The van der Waals surface area contributed by atoms with E-state index in [9.17, 15) is 32.9 Å². The number of furan rings is 1. The number of para-hydroxylation sites is 2. The van der Waals surface area contributed by atoms with E-state index < -0.39 is 256 Å². The molecule has 14 aromatic carbocycles. The van der Waals surface area contributed by atoms with Gasteiger partial charge < -0.3 is 18.3 Å². The molecule has 0 spiro atoms. The summed E-state index contributed by atoms with van der Waals surface area (Å²) in [6.07, 6.45) is 5.20. The van der Waals surface area contributed by atoms with Gasteiger partial charge in [-0.1, -0.05) is 256 Å². The van der Waals surface area contributed by atoms with E-state index in [0.717, 1.165) is 27.9 Å². The third kappa shape index (κ3) is 10.5. The smallest absolute Gasteiger partial charge is 0.268 e. The van der Waals surface area contributed by atoms with Gasteiger partial charge in [0.1, 0.15) is 17.0 Å². The average molecular weight is 1570 g/mol. The molecule has 0 N–H and O–H groups in total. The van der Waals surface area contributed by atoms with Crippen LogP contribution in [0, 0.1) is 32.2 Å². The minimum Gasteiger partial charge on any atom is -0.510 e. The Kier molecular flexibility index (Phi) is 9.27. The van der Waals surface area contributed by atoms with Crippen molar-refractivity contribution in [2.45, 2.75) is 39.9 Å². The van der Waals surface area contributed by atoms with Crippen LogP contribution in [0.1, 0.15) is 82.7 Å². The number of nitrogens with zero attached hydrogens (tertiary/aromatic N) is 4. The molecule has 1 aliphatic rings. The Hall–Kier alpha value is -12.0. The Morgan fingerprint density at radius 2 is 1.08 bits per heavy atom. The molecule has 4 aromatic heterocycles. The van der Waals surface area contributed by atoms with Crippen LogP contribution in [0.4, 0.5) is 0 Å². The number of hydrogen-bond acceptors (Lipinski definition) is 3. The first kappa shape index (κ1) is 37.8. The monoisotopic (exact) mass is 1560 g/mol. The Morgan fingerprint density at radius 1 is 0.471 bits per heavy atom. The van der Waals surface area contributed by atoms with Crippen molar-refractivity contribution in [1.29, 1.82) is 0 Å². The van der Waals surface area contributed by atoms with E-state index >= 15 is 0 Å². The first-order chi connectivity index (χ1) is 64.1. The van der Waals surface area contributed by atoms with Crippen molar-refractivity contribution in [1.82, 2.24) is 14.1 Å². The summed E-state index contributed by atoms with van der Waals surface area (Å²) >= 11 is 0. The predicted molar refractivity (Wildman–Crippen MR) is 425 cm³/mol. The number of aromatic nitrogens is 4. The Morgan fingerprint density at radius 3 is 1.78 bits per heavy atom. The topological polar surface area (TPSA) is 49.0 Å². The van der Waals surface area contributed by atoms with Crippen LogP contribution in [-0.2, 0) is 26.5 Å². The SMILES string of the molecule is [2H]c1c([2H])c([2H])c([Si](c2c([2H])c([2H])c([2H])c([2H])c2[2H])(c2c([2H])c([2H])c([2H])c([2H])c2[2H])c2c([2H])c([2H])c([2H])c(-c3cc4c5c(c3)n(-c3[c-]c(Oc6[c-]c7c(cc6)c6ccccc6n7-c6cc(C(C)(C)C)ccn6)ccc3)[c-][n+]5-c3c(-c5ccc6oc7ccccc7c6c5)cc(-c5c(C([2H])([2H])[2H])cccc5C([2H])([2H])[2H])cc3-c3c([2H])c([2H])c([2H])c([2H])c3-c3c([2H])c([2H])c([2H])c([2H])c3-4)c2[2H])c([2H])c1[2H].[Pt]. The number of imidazole rings is 1. The van der Waals surface area contributed by atoms with Gasteiger partial charge in [0.05, 0.1) is 53.7 Å². The molecule has 19 rings (SSSR count). The van der Waals surface area contributed by atoms with Crippen LogP contribution in [-0.4, -0.2) is 22.2 Å². The second kappa shape index (κ2) is 25.5. The van der Waals surface area contributed by atoms with Crippen LogP contribution in [0.15, 0.2) is 325 Å². The minimum atomic E-state index is -6.64. The largest absolute Gasteiger partial charge is 0.510 e. The molecule has 0 unspecified atom stereocenters. The van der Waals surface area contributed by atoms with Crippen molar-refractivity contribution < 1.29 is 80.0 Å². The minimum absolute atomic E-state index is 0. The maximum Gasteiger partial charge on any atom is 0.268 e. The number of pyridine rings is 1. The standard InChI is InChI=1S/C96H68N4O2Si.Pt/c1-62-26-23-27-63(2)93(62)67-55-83(65-46-49-91-84(53-65)82-43-20-22-45-90(82)102-91)94-85(56-67)78-40-17-15-38-76(78)77-39-16-18-41-79(77)86-54-66(64-28-24-37-75(52-64)103(72-31-9-6-10-32-72,73-33-11-7-12-34-73)74-35-13-8-14-36-74)57-89-95(86)99(94)61-98(89)69-29-25-30-70(59-69)101-71-47-48-81-80-42-19-21-44-87(80)100(88(81)60-71)92-58-68(50-51-97-92)96(3,4)5;/h6-58H,1-5H3;/q-2;/i1D3,2D3,6D,7D,8D,9D,10D,11D,12D,13D,14D,15D,16D,17D,18D,24D,28D,31D,32D,33D,34D,35D,36D,37D,38D,39D,40D,41D,52D;. The molecule has 6 nitrogen and oxygen atoms in total. The van der Waals surface area contributed by atoms with E-state index in [1.807, 2.05) is 47.0 Å². The number of aryl methyl sites for hydroxylation is 2. The molecule has 0 saturated carbocycles. The second-order valence-corrected chi connectivity index (χ2v) is 29.2. The summed E-state index contributed by atoms with van der Waals surface area (Å²) in [6.45, 7) is -0.0315. The van der Waals surface area contributed by atoms with E-state index in [-0.39, 0.29) is 88.2 Å². The molecule has 18 aromatic rings. The number of hydrogen-bond donors (Lipinski definition) is 0. The van der Waals surface area contributed by atoms with Gasteiger partial charge in [0.25, 0.3) is 6.33 Å². The molecule has 0 amide bonds. The van der Waals surface area contributed by atoms with E-state index in [4.69, 9.17) is 26.5 Å². The molecule has 0 bridgehead atoms. The Balaban J connectivity index is 0.0000125. The molecular weight excluding hydrogens is 1460 g/mol. The molecule has 104 heavy (non-hydrogen) atoms. The van der Waals surface area contributed by atoms with E-state index in [2.05, 4.69) is 39.2 Å². The quantitative estimate of drug-likeness (QED) is 0.0561. The van der Waals surface area contributed by atoms with Gasteiger partial charge in [-0.25, -0.2) is 4.98 Å². The van der Waals surface area contributed by atoms with Crippen LogP contribution in [0.5, 0.6) is 11.5 Å². The zero-order chi connectivity index (χ0) is 97.6. The molecule has 5 heterocycles. The molecule has 0 atom stereocenters. The number of benzene rings is 14. The normalized spacial score (nSPS) is 16.7. The van der Waals surface area contributed by atoms with Gasteiger partial charge in [0, 0.05) is 63.3 Å². The fraction of sp³-hybridized carbons (Fsp3) is 0.0625. The van der Waals surface area contributed by atoms with Gasteiger partial charge >= 0.3 is 0 Å². The molecular formula is C96H68N4O2PtSi-2. The average Bonchev–Trinajstić information content (AvgIpc) is 0.997. The van der Waals surface area contributed by atoms with E-state index in [1.165, 1.54) is 51.6 Å². The first-order valence-electron chi connectivity index (χ1n) is 49.1. The zero-order valence-corrected chi connectivity index (χ0v) is 58.2. The van der Waals surface area contributed by atoms with Crippen molar-refractivity contribution in [2.75, 3.05) is 0 Å². The van der Waals surface area contributed by atoms with Gasteiger partial charge in [-0.05, 0) is 189 Å². The summed E-state index contributed by atoms with van der Waals surface area (Å²) < 4.78 is 339. The fourth-order valence-corrected chi connectivity index (χ4v) is 17.7. The summed E-state index contributed by atoms with van der Waals surface area (Å²) in [5, 5.41) is -2.05. The molecule has 1 aliphatic heterocycles. The Bertz CT molecular complexity index is 8120. The van der Waals surface area contributed by atoms with Crippen LogP contribution in [0.25, 0.3) is 139 Å². The van der Waals surface area contributed by atoms with Gasteiger partial charge in [0.2, 0.25) is 0 Å². The maximum absolute atomic E-state index is 11.2. The van der Waals surface area contributed by atoms with Crippen molar-refractivity contribution in [3.05, 3.63) is 356 Å². The van der Waals surface area contributed by atoms with E-state index in [1.54, 1.807) is 66.9 Å². The second-order valence-electron chi connectivity index (χ2n) is 25.7. The molecule has 0 fully saturated rings. The first-order valence-corrected chi connectivity index (χ1v) is 34.6. The summed E-state index contributed by atoms with van der Waals surface area (Å²) in [5.41, 5.74) is -4.31. The summed E-state index contributed by atoms with van der Waals surface area (Å²) in [4.78, 5) is 4.85. The molecule has 8 heteroatoms. The molecule has 500 valence electrons. The molecule has 0 aliphatic carbocycles. The Labute approximate surface area is 666 Å². The maximum atomic E-state index is 11.2. The molecule has 0 radical (unpaired) electrons. The van der Waals surface area contributed by atoms with Crippen molar-refractivity contribution in [3.8, 4) is 95.5 Å². The van der Waals surface area contributed by atoms with Crippen LogP contribution >= 0.6 is 0 Å². The van der Waals surface area contributed by atoms with Crippen molar-refractivity contribution >= 4 is 83.6 Å². The van der Waals surface area contributed by atoms with Gasteiger partial charge in [-0.3, -0.25) is 4.57 Å². The third-order valence-corrected chi connectivity index (χ3v) is 22.8. The number of ether oxygens (including phenoxy) is 1. The molecule has 0 saturated heterocycles. The summed E-state index contributed by atoms with van der Waals surface area (Å²) in [5.74, 6) is 0.622. The number of fused-ring (bicyclic) bond motifs is 13.